The summed E-state index contributed by atoms with van der Waals surface area (Å²) in [5.41, 5.74) is 4.01. The molecule has 2 aromatic heterocycles. The highest BCUT2D eigenvalue weighted by atomic mass is 32.2. The molecule has 0 aliphatic carbocycles. The number of pyridine rings is 1. The van der Waals surface area contributed by atoms with Crippen LogP contribution >= 0.6 is 11.8 Å². The van der Waals surface area contributed by atoms with Crippen molar-refractivity contribution in [2.75, 3.05) is 7.11 Å². The number of rotatable bonds is 4. The molecular weight excluding hydrogens is 299 g/mol. The van der Waals surface area contributed by atoms with E-state index in [-0.39, 0.29) is 5.82 Å². The highest BCUT2D eigenvalue weighted by Gasteiger charge is 2.11. The SMILES string of the molecule is COc1c(C)cnc(CSc2c[nH]c3ccc(F)cc23)c1C. The molecule has 3 aromatic rings. The van der Waals surface area contributed by atoms with Gasteiger partial charge < -0.3 is 9.72 Å². The van der Waals surface area contributed by atoms with Crippen LogP contribution in [0.5, 0.6) is 5.75 Å². The predicted molar refractivity (Wildman–Crippen MR) is 88.1 cm³/mol. The van der Waals surface area contributed by atoms with Gasteiger partial charge in [0.25, 0.3) is 0 Å². The quantitative estimate of drug-likeness (QED) is 0.714. The molecule has 1 N–H and O–H groups in total. The van der Waals surface area contributed by atoms with Crippen LogP contribution < -0.4 is 4.74 Å². The molecule has 0 aliphatic rings. The van der Waals surface area contributed by atoms with Crippen molar-refractivity contribution in [2.45, 2.75) is 24.5 Å². The third kappa shape index (κ3) is 2.68. The summed E-state index contributed by atoms with van der Waals surface area (Å²) in [7, 11) is 1.68. The molecule has 0 saturated carbocycles. The van der Waals surface area contributed by atoms with Crippen molar-refractivity contribution in [1.82, 2.24) is 9.97 Å². The van der Waals surface area contributed by atoms with Crippen LogP contribution in [0.25, 0.3) is 10.9 Å². The Morgan fingerprint density at radius 3 is 2.91 bits per heavy atom. The van der Waals surface area contributed by atoms with Crippen molar-refractivity contribution in [1.29, 1.82) is 0 Å². The molecule has 0 amide bonds. The van der Waals surface area contributed by atoms with Crippen LogP contribution in [0.2, 0.25) is 0 Å². The zero-order valence-electron chi connectivity index (χ0n) is 12.7. The predicted octanol–water partition coefficient (Wildman–Crippen LogP) is 4.62. The maximum Gasteiger partial charge on any atom is 0.128 e. The fourth-order valence-electron chi connectivity index (χ4n) is 2.55. The van der Waals surface area contributed by atoms with E-state index in [1.807, 2.05) is 26.2 Å². The minimum Gasteiger partial charge on any atom is -0.496 e. The summed E-state index contributed by atoms with van der Waals surface area (Å²) < 4.78 is 18.8. The van der Waals surface area contributed by atoms with Gasteiger partial charge in [-0.3, -0.25) is 4.98 Å². The second-order valence-corrected chi connectivity index (χ2v) is 6.19. The van der Waals surface area contributed by atoms with Crippen molar-refractivity contribution < 1.29 is 9.13 Å². The summed E-state index contributed by atoms with van der Waals surface area (Å²) >= 11 is 1.64. The minimum atomic E-state index is -0.222. The molecule has 0 spiro atoms. The normalized spacial score (nSPS) is 11.1. The second-order valence-electron chi connectivity index (χ2n) is 5.18. The van der Waals surface area contributed by atoms with Gasteiger partial charge >= 0.3 is 0 Å². The first kappa shape index (κ1) is 14.9. The Hall–Kier alpha value is -2.01. The number of fused-ring (bicyclic) bond motifs is 1. The van der Waals surface area contributed by atoms with Crippen LogP contribution in [0.4, 0.5) is 4.39 Å². The van der Waals surface area contributed by atoms with Crippen LogP contribution in [-0.2, 0) is 5.75 Å². The lowest BCUT2D eigenvalue weighted by atomic mass is 10.1. The lowest BCUT2D eigenvalue weighted by Crippen LogP contribution is -1.98. The largest absolute Gasteiger partial charge is 0.496 e. The van der Waals surface area contributed by atoms with E-state index < -0.39 is 0 Å². The number of aromatic nitrogens is 2. The fourth-order valence-corrected chi connectivity index (χ4v) is 3.60. The van der Waals surface area contributed by atoms with Gasteiger partial charge in [-0.15, -0.1) is 11.8 Å². The molecule has 1 aromatic carbocycles. The molecule has 0 atom stereocenters. The summed E-state index contributed by atoms with van der Waals surface area (Å²) in [6.07, 6.45) is 3.74. The number of hydrogen-bond acceptors (Lipinski definition) is 3. The minimum absolute atomic E-state index is 0.222. The van der Waals surface area contributed by atoms with E-state index in [2.05, 4.69) is 9.97 Å². The number of methoxy groups -OCH3 is 1. The van der Waals surface area contributed by atoms with Crippen molar-refractivity contribution >= 4 is 22.7 Å². The third-order valence-electron chi connectivity index (χ3n) is 3.72. The van der Waals surface area contributed by atoms with Crippen molar-refractivity contribution in [3.05, 3.63) is 53.2 Å². The zero-order chi connectivity index (χ0) is 15.7. The summed E-state index contributed by atoms with van der Waals surface area (Å²) in [6.45, 7) is 4.00. The maximum atomic E-state index is 13.4. The standard InChI is InChI=1S/C17H17FN2OS/c1-10-7-19-15(11(2)17(10)21-3)9-22-16-8-20-14-5-4-12(18)6-13(14)16/h4-8,20H,9H2,1-3H3. The van der Waals surface area contributed by atoms with E-state index >= 15 is 0 Å². The van der Waals surface area contributed by atoms with E-state index in [4.69, 9.17) is 4.74 Å². The molecule has 22 heavy (non-hydrogen) atoms. The Morgan fingerprint density at radius 2 is 2.14 bits per heavy atom. The first-order chi connectivity index (χ1) is 10.6. The molecular formula is C17H17FN2OS. The lowest BCUT2D eigenvalue weighted by molar-refractivity contribution is 0.407. The van der Waals surface area contributed by atoms with Gasteiger partial charge in [-0.05, 0) is 32.0 Å². The monoisotopic (exact) mass is 316 g/mol. The van der Waals surface area contributed by atoms with Crippen LogP contribution in [0, 0.1) is 19.7 Å². The van der Waals surface area contributed by atoms with Crippen molar-refractivity contribution in [3.63, 3.8) is 0 Å². The van der Waals surface area contributed by atoms with E-state index in [1.54, 1.807) is 31.0 Å². The molecule has 0 bridgehead atoms. The van der Waals surface area contributed by atoms with E-state index in [0.29, 0.717) is 5.75 Å². The number of nitrogens with one attached hydrogen (secondary N) is 1. The zero-order valence-corrected chi connectivity index (χ0v) is 13.6. The summed E-state index contributed by atoms with van der Waals surface area (Å²) in [6, 6.07) is 4.78. The van der Waals surface area contributed by atoms with E-state index in [1.165, 1.54) is 6.07 Å². The Kier molecular flexibility index (Phi) is 4.07. The molecule has 0 saturated heterocycles. The molecule has 0 unspecified atom stereocenters. The van der Waals surface area contributed by atoms with E-state index in [0.717, 1.165) is 38.4 Å². The first-order valence-corrected chi connectivity index (χ1v) is 7.97. The molecule has 2 heterocycles. The molecule has 0 aliphatic heterocycles. The van der Waals surface area contributed by atoms with Gasteiger partial charge in [0.15, 0.2) is 0 Å². The third-order valence-corrected chi connectivity index (χ3v) is 4.79. The van der Waals surface area contributed by atoms with Gasteiger partial charge in [0.05, 0.1) is 12.8 Å². The highest BCUT2D eigenvalue weighted by Crippen LogP contribution is 2.33. The Labute approximate surface area is 132 Å². The van der Waals surface area contributed by atoms with Gasteiger partial charge in [0.1, 0.15) is 11.6 Å². The van der Waals surface area contributed by atoms with Gasteiger partial charge in [-0.2, -0.15) is 0 Å². The van der Waals surface area contributed by atoms with Gasteiger partial charge in [0.2, 0.25) is 0 Å². The van der Waals surface area contributed by atoms with E-state index in [9.17, 15) is 4.39 Å². The first-order valence-electron chi connectivity index (χ1n) is 6.98. The molecule has 114 valence electrons. The van der Waals surface area contributed by atoms with Crippen molar-refractivity contribution in [2.24, 2.45) is 0 Å². The van der Waals surface area contributed by atoms with Gasteiger partial charge in [-0.1, -0.05) is 0 Å². The summed E-state index contributed by atoms with van der Waals surface area (Å²) in [5.74, 6) is 1.38. The number of aryl methyl sites for hydroxylation is 1. The smallest absolute Gasteiger partial charge is 0.128 e. The number of nitrogens with zero attached hydrogens (tertiary/aromatic N) is 1. The van der Waals surface area contributed by atoms with Crippen molar-refractivity contribution in [3.8, 4) is 5.75 Å². The van der Waals surface area contributed by atoms with Gasteiger partial charge in [0, 0.05) is 45.1 Å². The Bertz CT molecular complexity index is 829. The van der Waals surface area contributed by atoms with Crippen LogP contribution in [0.15, 0.2) is 35.5 Å². The number of halogens is 1. The second kappa shape index (κ2) is 6.01. The molecule has 5 heteroatoms. The Morgan fingerprint density at radius 1 is 1.32 bits per heavy atom. The number of thioether (sulfide) groups is 1. The van der Waals surface area contributed by atoms with Crippen LogP contribution in [-0.4, -0.2) is 17.1 Å². The highest BCUT2D eigenvalue weighted by molar-refractivity contribution is 7.98. The molecule has 3 rings (SSSR count). The number of H-pyrrole nitrogens is 1. The number of hydrogen-bond donors (Lipinski definition) is 1. The van der Waals surface area contributed by atoms with Gasteiger partial charge in [-0.25, -0.2) is 4.39 Å². The van der Waals surface area contributed by atoms with Crippen LogP contribution in [0.1, 0.15) is 16.8 Å². The molecule has 3 nitrogen and oxygen atoms in total. The average molecular weight is 316 g/mol. The summed E-state index contributed by atoms with van der Waals surface area (Å²) in [5, 5.41) is 0.904. The average Bonchev–Trinajstić information content (AvgIpc) is 2.89. The maximum absolute atomic E-state index is 13.4. The topological polar surface area (TPSA) is 37.9 Å². The lowest BCUT2D eigenvalue weighted by Gasteiger charge is -2.11. The Balaban J connectivity index is 1.87. The number of ether oxygens (including phenoxy) is 1. The molecule has 0 fully saturated rings. The number of aromatic amines is 1. The molecule has 0 radical (unpaired) electrons. The van der Waals surface area contributed by atoms with Crippen LogP contribution in [0.3, 0.4) is 0 Å². The fraction of sp³-hybridized carbons (Fsp3) is 0.235. The summed E-state index contributed by atoms with van der Waals surface area (Å²) in [4.78, 5) is 8.69. The number of benzene rings is 1.